The minimum absolute atomic E-state index is 0.0714. The fourth-order valence-corrected chi connectivity index (χ4v) is 3.78. The number of thioether (sulfide) groups is 1. The first-order chi connectivity index (χ1) is 10.2. The molecule has 0 saturated carbocycles. The Hall–Kier alpha value is -1.01. The third-order valence-corrected chi connectivity index (χ3v) is 4.90. The van der Waals surface area contributed by atoms with E-state index in [1.165, 1.54) is 4.90 Å². The summed E-state index contributed by atoms with van der Waals surface area (Å²) in [6, 6.07) is 7.89. The fourth-order valence-electron chi connectivity index (χ4n) is 2.11. The van der Waals surface area contributed by atoms with Crippen LogP contribution in [0.2, 0.25) is 0 Å². The molecule has 6 heteroatoms. The number of ether oxygens (including phenoxy) is 1. The first kappa shape index (κ1) is 17.3. The van der Waals surface area contributed by atoms with Crippen molar-refractivity contribution in [1.29, 1.82) is 0 Å². The normalized spacial score (nSPS) is 19.2. The maximum absolute atomic E-state index is 12.3. The molecular weight excluding hydrogens is 366 g/mol. The summed E-state index contributed by atoms with van der Waals surface area (Å²) in [5, 5.41) is -0.104. The molecule has 1 aliphatic heterocycles. The van der Waals surface area contributed by atoms with Crippen LogP contribution in [0.15, 0.2) is 33.6 Å². The summed E-state index contributed by atoms with van der Waals surface area (Å²) in [6.45, 7) is 6.14. The molecule has 0 radical (unpaired) electrons. The van der Waals surface area contributed by atoms with Gasteiger partial charge in [-0.25, -0.2) is 4.79 Å². The molecule has 1 unspecified atom stereocenters. The highest BCUT2D eigenvalue weighted by atomic mass is 79.9. The molecule has 0 bridgehead atoms. The van der Waals surface area contributed by atoms with Crippen molar-refractivity contribution in [2.45, 2.75) is 42.9 Å². The Morgan fingerprint density at radius 2 is 2.14 bits per heavy atom. The van der Waals surface area contributed by atoms with Gasteiger partial charge < -0.3 is 9.64 Å². The zero-order chi connectivity index (χ0) is 16.3. The number of carbonyl (C=O) groups is 2. The van der Waals surface area contributed by atoms with E-state index in [-0.39, 0.29) is 17.6 Å². The van der Waals surface area contributed by atoms with Crippen LogP contribution < -0.4 is 0 Å². The number of Topliss-reactive ketones (excluding diaryl/α,β-unsaturated/α-hetero) is 1. The third-order valence-electron chi connectivity index (χ3n) is 3.09. The van der Waals surface area contributed by atoms with Crippen LogP contribution in [0, 0.1) is 0 Å². The minimum Gasteiger partial charge on any atom is -0.444 e. The van der Waals surface area contributed by atoms with Gasteiger partial charge in [-0.2, -0.15) is 0 Å². The van der Waals surface area contributed by atoms with Gasteiger partial charge in [0.2, 0.25) is 0 Å². The molecule has 0 spiro atoms. The van der Waals surface area contributed by atoms with Gasteiger partial charge >= 0.3 is 6.09 Å². The van der Waals surface area contributed by atoms with Crippen molar-refractivity contribution in [3.63, 3.8) is 0 Å². The van der Waals surface area contributed by atoms with E-state index in [0.29, 0.717) is 13.0 Å². The van der Waals surface area contributed by atoms with E-state index in [1.54, 1.807) is 11.8 Å². The number of ketones is 1. The highest BCUT2D eigenvalue weighted by Gasteiger charge is 2.32. The molecule has 4 nitrogen and oxygen atoms in total. The zero-order valence-corrected chi connectivity index (χ0v) is 15.4. The molecule has 1 saturated heterocycles. The molecule has 1 aromatic rings. The van der Waals surface area contributed by atoms with Crippen molar-refractivity contribution in [3.8, 4) is 0 Å². The van der Waals surface area contributed by atoms with Gasteiger partial charge in [-0.1, -0.05) is 22.0 Å². The van der Waals surface area contributed by atoms with E-state index in [2.05, 4.69) is 15.9 Å². The third kappa shape index (κ3) is 5.02. The predicted octanol–water partition coefficient (Wildman–Crippen LogP) is 4.12. The van der Waals surface area contributed by atoms with Crippen molar-refractivity contribution in [2.75, 3.05) is 13.1 Å². The Bertz CT molecular complexity index is 571. The number of amides is 1. The van der Waals surface area contributed by atoms with Gasteiger partial charge in [0.15, 0.2) is 5.78 Å². The lowest BCUT2D eigenvalue weighted by molar-refractivity contribution is -0.121. The van der Waals surface area contributed by atoms with Crippen LogP contribution in [-0.4, -0.2) is 40.7 Å². The van der Waals surface area contributed by atoms with Gasteiger partial charge in [-0.3, -0.25) is 4.79 Å². The summed E-state index contributed by atoms with van der Waals surface area (Å²) < 4.78 is 6.31. The molecule has 1 amide bonds. The number of benzene rings is 1. The summed E-state index contributed by atoms with van der Waals surface area (Å²) in [5.41, 5.74) is -0.540. The maximum atomic E-state index is 12.3. The van der Waals surface area contributed by atoms with Crippen LogP contribution in [0.5, 0.6) is 0 Å². The van der Waals surface area contributed by atoms with Crippen LogP contribution in [0.4, 0.5) is 4.79 Å². The van der Waals surface area contributed by atoms with Crippen LogP contribution in [0.25, 0.3) is 0 Å². The standard InChI is InChI=1S/C16H20BrNO3S/c1-16(2,3)21-15(20)18-8-7-14(13(19)10-18)22-12-6-4-5-11(17)9-12/h4-6,9,14H,7-8,10H2,1-3H3. The number of likely N-dealkylation sites (tertiary alicyclic amines) is 1. The molecule has 1 aromatic carbocycles. The summed E-state index contributed by atoms with van der Waals surface area (Å²) in [6.07, 6.45) is 0.238. The van der Waals surface area contributed by atoms with E-state index < -0.39 is 11.7 Å². The number of rotatable bonds is 2. The molecular formula is C16H20BrNO3S. The SMILES string of the molecule is CC(C)(C)OC(=O)N1CCC(Sc2cccc(Br)c2)C(=O)C1. The number of carbonyl (C=O) groups excluding carboxylic acids is 2. The Kier molecular flexibility index (Phi) is 5.55. The lowest BCUT2D eigenvalue weighted by atomic mass is 10.1. The van der Waals surface area contributed by atoms with E-state index in [9.17, 15) is 9.59 Å². The van der Waals surface area contributed by atoms with E-state index in [0.717, 1.165) is 9.37 Å². The second-order valence-corrected chi connectivity index (χ2v) is 8.41. The molecule has 1 aliphatic rings. The second kappa shape index (κ2) is 7.04. The summed E-state index contributed by atoms with van der Waals surface area (Å²) >= 11 is 4.99. The number of hydrogen-bond donors (Lipinski definition) is 0. The molecule has 1 heterocycles. The van der Waals surface area contributed by atoms with E-state index >= 15 is 0 Å². The molecule has 0 aliphatic carbocycles. The quantitative estimate of drug-likeness (QED) is 0.767. The van der Waals surface area contributed by atoms with Crippen molar-refractivity contribution in [2.24, 2.45) is 0 Å². The molecule has 2 rings (SSSR count). The maximum Gasteiger partial charge on any atom is 0.410 e. The molecule has 120 valence electrons. The smallest absolute Gasteiger partial charge is 0.410 e. The van der Waals surface area contributed by atoms with Crippen molar-refractivity contribution in [1.82, 2.24) is 4.90 Å². The average Bonchev–Trinajstić information content (AvgIpc) is 2.39. The van der Waals surface area contributed by atoms with Crippen molar-refractivity contribution in [3.05, 3.63) is 28.7 Å². The van der Waals surface area contributed by atoms with Crippen molar-refractivity contribution >= 4 is 39.6 Å². The highest BCUT2D eigenvalue weighted by molar-refractivity contribution is 9.10. The van der Waals surface area contributed by atoms with Crippen LogP contribution >= 0.6 is 27.7 Å². The Morgan fingerprint density at radius 1 is 1.41 bits per heavy atom. The summed E-state index contributed by atoms with van der Waals surface area (Å²) in [5.74, 6) is 0.0714. The van der Waals surface area contributed by atoms with Gasteiger partial charge in [0, 0.05) is 15.9 Å². The van der Waals surface area contributed by atoms with Crippen LogP contribution in [0.1, 0.15) is 27.2 Å². The highest BCUT2D eigenvalue weighted by Crippen LogP contribution is 2.30. The van der Waals surface area contributed by atoms with E-state index in [4.69, 9.17) is 4.74 Å². The first-order valence-corrected chi connectivity index (χ1v) is 8.85. The van der Waals surface area contributed by atoms with E-state index in [1.807, 2.05) is 45.0 Å². The minimum atomic E-state index is -0.540. The van der Waals surface area contributed by atoms with Crippen molar-refractivity contribution < 1.29 is 14.3 Å². The van der Waals surface area contributed by atoms with Gasteiger partial charge in [-0.05, 0) is 45.4 Å². The molecule has 0 N–H and O–H groups in total. The first-order valence-electron chi connectivity index (χ1n) is 7.17. The number of halogens is 1. The topological polar surface area (TPSA) is 46.6 Å². The fraction of sp³-hybridized carbons (Fsp3) is 0.500. The van der Waals surface area contributed by atoms with Gasteiger partial charge in [0.1, 0.15) is 5.60 Å². The summed E-state index contributed by atoms with van der Waals surface area (Å²) in [4.78, 5) is 26.8. The lowest BCUT2D eigenvalue weighted by Gasteiger charge is -2.32. The average molecular weight is 386 g/mol. The number of piperidine rings is 1. The molecule has 1 fully saturated rings. The Labute approximate surface area is 143 Å². The summed E-state index contributed by atoms with van der Waals surface area (Å²) in [7, 11) is 0. The zero-order valence-electron chi connectivity index (χ0n) is 13.0. The number of hydrogen-bond acceptors (Lipinski definition) is 4. The van der Waals surface area contributed by atoms with Gasteiger partial charge in [-0.15, -0.1) is 11.8 Å². The predicted molar refractivity (Wildman–Crippen MR) is 91.2 cm³/mol. The Balaban J connectivity index is 1.93. The molecule has 0 aromatic heterocycles. The van der Waals surface area contributed by atoms with Gasteiger partial charge in [0.05, 0.1) is 11.8 Å². The second-order valence-electron chi connectivity index (χ2n) is 6.22. The molecule has 22 heavy (non-hydrogen) atoms. The lowest BCUT2D eigenvalue weighted by Crippen LogP contribution is -2.47. The Morgan fingerprint density at radius 3 is 2.73 bits per heavy atom. The largest absolute Gasteiger partial charge is 0.444 e. The monoisotopic (exact) mass is 385 g/mol. The molecule has 1 atom stereocenters. The van der Waals surface area contributed by atoms with Gasteiger partial charge in [0.25, 0.3) is 0 Å². The van der Waals surface area contributed by atoms with Crippen LogP contribution in [-0.2, 0) is 9.53 Å². The number of nitrogens with zero attached hydrogens (tertiary/aromatic N) is 1. The van der Waals surface area contributed by atoms with Crippen LogP contribution in [0.3, 0.4) is 0 Å².